The van der Waals surface area contributed by atoms with Gasteiger partial charge in [0.25, 0.3) is 17.8 Å². The minimum absolute atomic E-state index is 0.0224. The summed E-state index contributed by atoms with van der Waals surface area (Å²) in [7, 11) is 0. The fourth-order valence-corrected chi connectivity index (χ4v) is 5.10. The zero-order valence-corrected chi connectivity index (χ0v) is 18.3. The molecule has 0 radical (unpaired) electrons. The van der Waals surface area contributed by atoms with E-state index in [1.807, 2.05) is 0 Å². The fraction of sp³-hybridized carbons (Fsp3) is 0.565. The van der Waals surface area contributed by atoms with Crippen LogP contribution in [0.4, 0.5) is 35.0 Å². The van der Waals surface area contributed by atoms with Gasteiger partial charge in [0.05, 0.1) is 0 Å². The van der Waals surface area contributed by atoms with E-state index in [9.17, 15) is 22.4 Å². The number of nitrogens with zero attached hydrogens (tertiary/aromatic N) is 3. The standard InChI is InChI=1S/C23H26F4N4O2/c1-2-18-19(29-22(33-18)30-5-3-23(26,27)4-6-30)21(32)28-15-9-16(24)20(17(25)10-15)31-11-13-7-14(8-13)12-31/h9-10,13-14H,2-8,11-12H2,1H3,(H,28,32). The van der Waals surface area contributed by atoms with Gasteiger partial charge in [-0.1, -0.05) is 6.92 Å². The van der Waals surface area contributed by atoms with Crippen molar-refractivity contribution in [2.45, 2.75) is 45.0 Å². The van der Waals surface area contributed by atoms with Crippen molar-refractivity contribution >= 4 is 23.3 Å². The summed E-state index contributed by atoms with van der Waals surface area (Å²) < 4.78 is 62.1. The van der Waals surface area contributed by atoms with Gasteiger partial charge in [0.2, 0.25) is 0 Å². The number of rotatable bonds is 5. The Kier molecular flexibility index (Phi) is 5.49. The first-order valence-electron chi connectivity index (χ1n) is 11.4. The van der Waals surface area contributed by atoms with Crippen LogP contribution in [0.1, 0.15) is 48.9 Å². The van der Waals surface area contributed by atoms with Crippen molar-refractivity contribution in [3.8, 4) is 0 Å². The summed E-state index contributed by atoms with van der Waals surface area (Å²) >= 11 is 0. The molecule has 10 heteroatoms. The van der Waals surface area contributed by atoms with Crippen molar-refractivity contribution in [3.05, 3.63) is 35.2 Å². The van der Waals surface area contributed by atoms with E-state index in [0.29, 0.717) is 31.3 Å². The summed E-state index contributed by atoms with van der Waals surface area (Å²) in [6.07, 6.45) is 1.95. The summed E-state index contributed by atoms with van der Waals surface area (Å²) in [5, 5.41) is 2.49. The van der Waals surface area contributed by atoms with Gasteiger partial charge < -0.3 is 19.5 Å². The van der Waals surface area contributed by atoms with Gasteiger partial charge >= 0.3 is 0 Å². The average Bonchev–Trinajstić information content (AvgIpc) is 3.17. The predicted molar refractivity (Wildman–Crippen MR) is 115 cm³/mol. The summed E-state index contributed by atoms with van der Waals surface area (Å²) in [5.41, 5.74) is -0.0988. The molecular formula is C23H26F4N4O2. The Morgan fingerprint density at radius 3 is 2.30 bits per heavy atom. The predicted octanol–water partition coefficient (Wildman–Crippen LogP) is 4.85. The monoisotopic (exact) mass is 466 g/mol. The fourth-order valence-electron chi connectivity index (χ4n) is 5.10. The highest BCUT2D eigenvalue weighted by Gasteiger charge is 2.39. The summed E-state index contributed by atoms with van der Waals surface area (Å²) in [5.74, 6) is -3.58. The molecule has 3 aliphatic heterocycles. The molecule has 4 heterocycles. The summed E-state index contributed by atoms with van der Waals surface area (Å²) in [6, 6.07) is 2.31. The van der Waals surface area contributed by atoms with Crippen molar-refractivity contribution in [1.29, 1.82) is 0 Å². The number of benzene rings is 1. The number of carbonyl (C=O) groups is 1. The molecular weight excluding hydrogens is 440 g/mol. The van der Waals surface area contributed by atoms with Gasteiger partial charge in [-0.15, -0.1) is 0 Å². The molecule has 0 atom stereocenters. The van der Waals surface area contributed by atoms with Gasteiger partial charge in [-0.25, -0.2) is 17.6 Å². The molecule has 0 spiro atoms. The van der Waals surface area contributed by atoms with Crippen LogP contribution in [0.5, 0.6) is 0 Å². The van der Waals surface area contributed by atoms with E-state index in [0.717, 1.165) is 25.0 Å². The van der Waals surface area contributed by atoms with Crippen LogP contribution >= 0.6 is 0 Å². The van der Waals surface area contributed by atoms with Crippen LogP contribution < -0.4 is 15.1 Å². The van der Waals surface area contributed by atoms with Crippen LogP contribution in [0.2, 0.25) is 0 Å². The van der Waals surface area contributed by atoms with Gasteiger partial charge in [0, 0.05) is 51.1 Å². The maximum absolute atomic E-state index is 14.8. The van der Waals surface area contributed by atoms with Gasteiger partial charge in [-0.2, -0.15) is 4.98 Å². The number of aryl methyl sites for hydroxylation is 1. The number of piperidine rings is 3. The molecule has 1 N–H and O–H groups in total. The first-order chi connectivity index (χ1) is 15.7. The molecule has 178 valence electrons. The molecule has 1 amide bonds. The van der Waals surface area contributed by atoms with Crippen molar-refractivity contribution in [2.75, 3.05) is 41.3 Å². The van der Waals surface area contributed by atoms with Crippen LogP contribution in [0.3, 0.4) is 0 Å². The van der Waals surface area contributed by atoms with E-state index in [1.54, 1.807) is 16.7 Å². The third-order valence-electron chi connectivity index (χ3n) is 6.87. The topological polar surface area (TPSA) is 61.6 Å². The maximum Gasteiger partial charge on any atom is 0.298 e. The Bertz CT molecular complexity index is 1020. The van der Waals surface area contributed by atoms with Crippen molar-refractivity contribution in [3.63, 3.8) is 0 Å². The van der Waals surface area contributed by atoms with E-state index in [-0.39, 0.29) is 54.8 Å². The van der Waals surface area contributed by atoms with E-state index in [4.69, 9.17) is 4.42 Å². The molecule has 1 aromatic carbocycles. The molecule has 4 aliphatic rings. The molecule has 6 nitrogen and oxygen atoms in total. The lowest BCUT2D eigenvalue weighted by Gasteiger charge is -2.48. The number of alkyl halides is 2. The Morgan fingerprint density at radius 1 is 1.12 bits per heavy atom. The number of nitrogens with one attached hydrogen (secondary N) is 1. The molecule has 1 saturated carbocycles. The first-order valence-corrected chi connectivity index (χ1v) is 11.4. The van der Waals surface area contributed by atoms with Gasteiger partial charge in [0.15, 0.2) is 17.3 Å². The Hall–Kier alpha value is -2.78. The highest BCUT2D eigenvalue weighted by molar-refractivity contribution is 6.03. The molecule has 6 rings (SSSR count). The maximum atomic E-state index is 14.8. The third-order valence-corrected chi connectivity index (χ3v) is 6.87. The van der Waals surface area contributed by atoms with Gasteiger partial charge in [-0.05, 0) is 36.8 Å². The largest absolute Gasteiger partial charge is 0.428 e. The van der Waals surface area contributed by atoms with Crippen LogP contribution in [0.25, 0.3) is 0 Å². The quantitative estimate of drug-likeness (QED) is 0.639. The SMILES string of the molecule is CCc1oc(N2CCC(F)(F)CC2)nc1C(=O)Nc1cc(F)c(N2CC3CC(C3)C2)c(F)c1. The van der Waals surface area contributed by atoms with Crippen LogP contribution in [-0.2, 0) is 6.42 Å². The molecule has 1 aromatic heterocycles. The zero-order valence-electron chi connectivity index (χ0n) is 18.3. The number of aromatic nitrogens is 1. The second-order valence-electron chi connectivity index (χ2n) is 9.32. The van der Waals surface area contributed by atoms with E-state index in [1.165, 1.54) is 0 Å². The number of hydrogen-bond acceptors (Lipinski definition) is 5. The lowest BCUT2D eigenvalue weighted by molar-refractivity contribution is -0.0226. The first kappa shape index (κ1) is 22.0. The Labute approximate surface area is 188 Å². The highest BCUT2D eigenvalue weighted by Crippen LogP contribution is 2.42. The van der Waals surface area contributed by atoms with Crippen LogP contribution in [0, 0.1) is 23.5 Å². The normalized spacial score (nSPS) is 23.9. The van der Waals surface area contributed by atoms with E-state index < -0.39 is 23.5 Å². The molecule has 2 bridgehead atoms. The second-order valence-corrected chi connectivity index (χ2v) is 9.32. The number of fused-ring (bicyclic) bond motifs is 2. The van der Waals surface area contributed by atoms with E-state index >= 15 is 0 Å². The molecule has 2 aromatic rings. The lowest BCUT2D eigenvalue weighted by Crippen LogP contribution is -2.49. The lowest BCUT2D eigenvalue weighted by atomic mass is 9.71. The zero-order chi connectivity index (χ0) is 23.3. The number of amides is 1. The summed E-state index contributed by atoms with van der Waals surface area (Å²) in [4.78, 5) is 20.4. The third kappa shape index (κ3) is 4.27. The minimum Gasteiger partial charge on any atom is -0.428 e. The second kappa shape index (κ2) is 8.22. The molecule has 33 heavy (non-hydrogen) atoms. The average molecular weight is 466 g/mol. The molecule has 1 aliphatic carbocycles. The highest BCUT2D eigenvalue weighted by atomic mass is 19.3. The molecule has 3 saturated heterocycles. The van der Waals surface area contributed by atoms with Gasteiger partial charge in [-0.3, -0.25) is 4.79 Å². The van der Waals surface area contributed by atoms with Crippen LogP contribution in [0.15, 0.2) is 16.5 Å². The number of oxazole rings is 1. The number of anilines is 3. The van der Waals surface area contributed by atoms with Crippen molar-refractivity contribution < 1.29 is 26.8 Å². The summed E-state index contributed by atoms with van der Waals surface area (Å²) in [6.45, 7) is 3.17. The smallest absolute Gasteiger partial charge is 0.298 e. The number of hydrogen-bond donors (Lipinski definition) is 1. The van der Waals surface area contributed by atoms with Crippen LogP contribution in [-0.4, -0.2) is 43.0 Å². The molecule has 0 unspecified atom stereocenters. The number of carbonyl (C=O) groups excluding carboxylic acids is 1. The minimum atomic E-state index is -2.72. The van der Waals surface area contributed by atoms with Crippen molar-refractivity contribution in [1.82, 2.24) is 4.98 Å². The van der Waals surface area contributed by atoms with Gasteiger partial charge in [0.1, 0.15) is 11.4 Å². The van der Waals surface area contributed by atoms with E-state index in [2.05, 4.69) is 10.3 Å². The molecule has 4 fully saturated rings. The van der Waals surface area contributed by atoms with Crippen molar-refractivity contribution in [2.24, 2.45) is 11.8 Å². The number of halogens is 4. The Balaban J connectivity index is 1.32. The Morgan fingerprint density at radius 2 is 1.73 bits per heavy atom.